The molecule has 0 spiro atoms. The molecule has 0 unspecified atom stereocenters. The molecule has 0 atom stereocenters. The number of hydrogen-bond donors (Lipinski definition) is 2. The molecule has 3 rings (SSSR count). The second-order valence-corrected chi connectivity index (χ2v) is 5.69. The minimum atomic E-state index is -0.959. The van der Waals surface area contributed by atoms with Crippen LogP contribution in [0.2, 0.25) is 0 Å². The number of aromatic nitrogens is 1. The molecular weight excluding hydrogens is 336 g/mol. The zero-order valence-electron chi connectivity index (χ0n) is 14.1. The summed E-state index contributed by atoms with van der Waals surface area (Å²) in [6.07, 6.45) is 2.40. The molecule has 4 nitrogen and oxygen atoms in total. The first-order valence-corrected chi connectivity index (χ1v) is 8.13. The van der Waals surface area contributed by atoms with Crippen molar-refractivity contribution in [3.05, 3.63) is 83.6 Å². The summed E-state index contributed by atoms with van der Waals surface area (Å²) in [6, 6.07) is 14.2. The Labute approximate surface area is 149 Å². The number of hydrogen-bond acceptors (Lipinski definition) is 3. The molecule has 0 bridgehead atoms. The molecule has 6 heteroatoms. The Bertz CT molecular complexity index is 927. The SMILES string of the molecule is CCc1ccc(NC(=O)c2ccnc(Nc3ccc(F)c(F)c3)c2)cc1. The number of amides is 1. The number of pyridine rings is 1. The van der Waals surface area contributed by atoms with E-state index in [9.17, 15) is 13.6 Å². The van der Waals surface area contributed by atoms with E-state index in [2.05, 4.69) is 22.5 Å². The van der Waals surface area contributed by atoms with E-state index in [0.29, 0.717) is 22.8 Å². The molecule has 2 N–H and O–H groups in total. The first-order chi connectivity index (χ1) is 12.5. The van der Waals surface area contributed by atoms with Gasteiger partial charge in [0.1, 0.15) is 5.82 Å². The minimum absolute atomic E-state index is 0.287. The number of carbonyl (C=O) groups excluding carboxylic acids is 1. The van der Waals surface area contributed by atoms with Crippen LogP contribution in [0.25, 0.3) is 0 Å². The fourth-order valence-electron chi connectivity index (χ4n) is 2.39. The van der Waals surface area contributed by atoms with Crippen LogP contribution in [-0.4, -0.2) is 10.9 Å². The molecule has 3 aromatic rings. The van der Waals surface area contributed by atoms with Crippen LogP contribution in [-0.2, 0) is 6.42 Å². The number of carbonyl (C=O) groups is 1. The van der Waals surface area contributed by atoms with Crippen molar-refractivity contribution in [2.24, 2.45) is 0 Å². The predicted octanol–water partition coefficient (Wildman–Crippen LogP) is 4.92. The van der Waals surface area contributed by atoms with Crippen LogP contribution in [0.4, 0.5) is 26.0 Å². The third kappa shape index (κ3) is 4.22. The van der Waals surface area contributed by atoms with E-state index in [1.165, 1.54) is 23.9 Å². The standard InChI is InChI=1S/C20H17F2N3O/c1-2-13-3-5-15(6-4-13)25-20(26)14-9-10-23-19(11-14)24-16-7-8-17(21)18(22)12-16/h3-12H,2H2,1H3,(H,23,24)(H,25,26). The van der Waals surface area contributed by atoms with Gasteiger partial charge in [-0.2, -0.15) is 0 Å². The molecule has 1 aromatic heterocycles. The zero-order chi connectivity index (χ0) is 18.5. The lowest BCUT2D eigenvalue weighted by molar-refractivity contribution is 0.102. The molecule has 0 radical (unpaired) electrons. The van der Waals surface area contributed by atoms with Crippen molar-refractivity contribution in [2.45, 2.75) is 13.3 Å². The predicted molar refractivity (Wildman–Crippen MR) is 97.7 cm³/mol. The van der Waals surface area contributed by atoms with E-state index in [1.54, 1.807) is 6.07 Å². The van der Waals surface area contributed by atoms with Crippen molar-refractivity contribution in [1.29, 1.82) is 0 Å². The molecular formula is C20H17F2N3O. The first-order valence-electron chi connectivity index (χ1n) is 8.13. The Balaban J connectivity index is 1.73. The molecule has 0 fully saturated rings. The Kier molecular flexibility index (Phi) is 5.22. The average Bonchev–Trinajstić information content (AvgIpc) is 2.65. The van der Waals surface area contributed by atoms with Gasteiger partial charge < -0.3 is 10.6 Å². The summed E-state index contributed by atoms with van der Waals surface area (Å²) in [6.45, 7) is 2.06. The van der Waals surface area contributed by atoms with Crippen LogP contribution in [0.5, 0.6) is 0 Å². The fourth-order valence-corrected chi connectivity index (χ4v) is 2.39. The van der Waals surface area contributed by atoms with Gasteiger partial charge in [0, 0.05) is 29.2 Å². The zero-order valence-corrected chi connectivity index (χ0v) is 14.1. The lowest BCUT2D eigenvalue weighted by Gasteiger charge is -2.09. The lowest BCUT2D eigenvalue weighted by Crippen LogP contribution is -2.12. The van der Waals surface area contributed by atoms with E-state index >= 15 is 0 Å². The first kappa shape index (κ1) is 17.5. The van der Waals surface area contributed by atoms with Crippen molar-refractivity contribution in [3.63, 3.8) is 0 Å². The highest BCUT2D eigenvalue weighted by Crippen LogP contribution is 2.19. The van der Waals surface area contributed by atoms with Crippen LogP contribution in [0, 0.1) is 11.6 Å². The van der Waals surface area contributed by atoms with Gasteiger partial charge in [0.2, 0.25) is 0 Å². The van der Waals surface area contributed by atoms with Gasteiger partial charge in [-0.3, -0.25) is 4.79 Å². The molecule has 0 aliphatic carbocycles. The Morgan fingerprint density at radius 2 is 1.69 bits per heavy atom. The highest BCUT2D eigenvalue weighted by atomic mass is 19.2. The van der Waals surface area contributed by atoms with Gasteiger partial charge in [-0.1, -0.05) is 19.1 Å². The summed E-state index contributed by atoms with van der Waals surface area (Å²) in [5, 5.41) is 5.66. The Hall–Kier alpha value is -3.28. The van der Waals surface area contributed by atoms with Gasteiger partial charge in [0.25, 0.3) is 5.91 Å². The molecule has 1 heterocycles. The summed E-state index contributed by atoms with van der Waals surface area (Å²) in [5.41, 5.74) is 2.61. The molecule has 132 valence electrons. The number of halogens is 2. The van der Waals surface area contributed by atoms with E-state index < -0.39 is 11.6 Å². The third-order valence-corrected chi connectivity index (χ3v) is 3.83. The number of aryl methyl sites for hydroxylation is 1. The summed E-state index contributed by atoms with van der Waals surface area (Å²) in [4.78, 5) is 16.5. The average molecular weight is 353 g/mol. The number of nitrogens with one attached hydrogen (secondary N) is 2. The molecule has 1 amide bonds. The topological polar surface area (TPSA) is 54.0 Å². The van der Waals surface area contributed by atoms with Gasteiger partial charge in [0.05, 0.1) is 0 Å². The van der Waals surface area contributed by atoms with Crippen LogP contribution in [0.15, 0.2) is 60.8 Å². The van der Waals surface area contributed by atoms with Gasteiger partial charge in [-0.25, -0.2) is 13.8 Å². The van der Waals surface area contributed by atoms with Crippen molar-refractivity contribution < 1.29 is 13.6 Å². The van der Waals surface area contributed by atoms with Gasteiger partial charge in [0.15, 0.2) is 11.6 Å². The lowest BCUT2D eigenvalue weighted by atomic mass is 10.1. The fraction of sp³-hybridized carbons (Fsp3) is 0.100. The Morgan fingerprint density at radius 1 is 0.962 bits per heavy atom. The minimum Gasteiger partial charge on any atom is -0.340 e. The van der Waals surface area contributed by atoms with Crippen LogP contribution in [0.3, 0.4) is 0 Å². The van der Waals surface area contributed by atoms with Crippen LogP contribution in [0.1, 0.15) is 22.8 Å². The van der Waals surface area contributed by atoms with E-state index in [1.807, 2.05) is 24.3 Å². The second kappa shape index (κ2) is 7.74. The number of benzene rings is 2. The highest BCUT2D eigenvalue weighted by Gasteiger charge is 2.09. The summed E-state index contributed by atoms with van der Waals surface area (Å²) < 4.78 is 26.3. The maximum atomic E-state index is 13.3. The van der Waals surface area contributed by atoms with Crippen molar-refractivity contribution >= 4 is 23.1 Å². The largest absolute Gasteiger partial charge is 0.340 e. The van der Waals surface area contributed by atoms with Crippen molar-refractivity contribution in [1.82, 2.24) is 4.98 Å². The molecule has 0 saturated carbocycles. The Morgan fingerprint density at radius 3 is 2.38 bits per heavy atom. The smallest absolute Gasteiger partial charge is 0.255 e. The van der Waals surface area contributed by atoms with Gasteiger partial charge >= 0.3 is 0 Å². The maximum absolute atomic E-state index is 13.3. The van der Waals surface area contributed by atoms with Crippen molar-refractivity contribution in [2.75, 3.05) is 10.6 Å². The highest BCUT2D eigenvalue weighted by molar-refractivity contribution is 6.04. The number of anilines is 3. The second-order valence-electron chi connectivity index (χ2n) is 5.69. The van der Waals surface area contributed by atoms with Crippen molar-refractivity contribution in [3.8, 4) is 0 Å². The van der Waals surface area contributed by atoms with E-state index in [4.69, 9.17) is 0 Å². The maximum Gasteiger partial charge on any atom is 0.255 e. The van der Waals surface area contributed by atoms with Crippen LogP contribution < -0.4 is 10.6 Å². The van der Waals surface area contributed by atoms with E-state index in [-0.39, 0.29) is 5.91 Å². The normalized spacial score (nSPS) is 10.4. The monoisotopic (exact) mass is 353 g/mol. The molecule has 26 heavy (non-hydrogen) atoms. The number of rotatable bonds is 5. The summed E-state index contributed by atoms with van der Waals surface area (Å²) in [5.74, 6) is -1.82. The molecule has 2 aromatic carbocycles. The molecule has 0 aliphatic rings. The summed E-state index contributed by atoms with van der Waals surface area (Å²) >= 11 is 0. The molecule has 0 saturated heterocycles. The van der Waals surface area contributed by atoms with Crippen LogP contribution >= 0.6 is 0 Å². The summed E-state index contributed by atoms with van der Waals surface area (Å²) in [7, 11) is 0. The van der Waals surface area contributed by atoms with E-state index in [0.717, 1.165) is 18.6 Å². The number of nitrogens with zero attached hydrogens (tertiary/aromatic N) is 1. The van der Waals surface area contributed by atoms with Gasteiger partial charge in [-0.05, 0) is 48.4 Å². The molecule has 0 aliphatic heterocycles. The third-order valence-electron chi connectivity index (χ3n) is 3.83. The quantitative estimate of drug-likeness (QED) is 0.685. The van der Waals surface area contributed by atoms with Gasteiger partial charge in [-0.15, -0.1) is 0 Å².